The van der Waals surface area contributed by atoms with Crippen molar-refractivity contribution in [2.75, 3.05) is 12.5 Å². The fraction of sp³-hybridized carbons (Fsp3) is 0.667. The zero-order valence-corrected chi connectivity index (χ0v) is 8.99. The maximum absolute atomic E-state index is 10.9. The van der Waals surface area contributed by atoms with Crippen LogP contribution >= 0.6 is 0 Å². The van der Waals surface area contributed by atoms with Crippen LogP contribution in [0.4, 0.5) is 17.3 Å². The van der Waals surface area contributed by atoms with Gasteiger partial charge in [-0.15, -0.1) is 0 Å². The molecular formula is C6H10BF4NO2S. The van der Waals surface area contributed by atoms with Crippen LogP contribution in [0.1, 0.15) is 12.8 Å². The van der Waals surface area contributed by atoms with Crippen molar-refractivity contribution in [1.82, 2.24) is 4.31 Å². The lowest BCUT2D eigenvalue weighted by molar-refractivity contribution is -0.131. The average Bonchev–Trinajstić information content (AvgIpc) is 2.26. The highest BCUT2D eigenvalue weighted by Gasteiger charge is 2.37. The lowest BCUT2D eigenvalue weighted by atomic mass is 10.3. The van der Waals surface area contributed by atoms with E-state index >= 15 is 0 Å². The lowest BCUT2D eigenvalue weighted by Crippen LogP contribution is -2.33. The summed E-state index contributed by atoms with van der Waals surface area (Å²) in [7, 11) is -6.00. The Morgan fingerprint density at radius 1 is 1.07 bits per heavy atom. The number of rotatable bonds is 1. The Hall–Kier alpha value is -0.725. The van der Waals surface area contributed by atoms with Crippen LogP contribution in [0.15, 0.2) is 0 Å². The van der Waals surface area contributed by atoms with Crippen LogP contribution in [-0.4, -0.2) is 35.9 Å². The fourth-order valence-corrected chi connectivity index (χ4v) is 1.96. The Balaban J connectivity index is 0.000000336. The summed E-state index contributed by atoms with van der Waals surface area (Å²) in [5.41, 5.74) is 0. The van der Waals surface area contributed by atoms with Crippen LogP contribution in [0.25, 0.3) is 0 Å². The summed E-state index contributed by atoms with van der Waals surface area (Å²) in [4.78, 5) is 21.9. The molecule has 0 bridgehead atoms. The molecule has 0 atom stereocenters. The van der Waals surface area contributed by atoms with Crippen LogP contribution in [0.5, 0.6) is 0 Å². The van der Waals surface area contributed by atoms with Gasteiger partial charge in [0.15, 0.2) is 0 Å². The van der Waals surface area contributed by atoms with Gasteiger partial charge in [-0.3, -0.25) is 9.59 Å². The fourth-order valence-electron chi connectivity index (χ4n) is 0.963. The summed E-state index contributed by atoms with van der Waals surface area (Å²) in [5, 5.41) is 0. The van der Waals surface area contributed by atoms with Gasteiger partial charge in [0, 0.05) is 12.8 Å². The van der Waals surface area contributed by atoms with E-state index in [1.165, 1.54) is 4.31 Å². The molecule has 0 aromatic carbocycles. The maximum Gasteiger partial charge on any atom is 0.673 e. The van der Waals surface area contributed by atoms with Crippen molar-refractivity contribution < 1.29 is 26.9 Å². The molecule has 0 spiro atoms. The van der Waals surface area contributed by atoms with Gasteiger partial charge in [-0.05, 0) is 0 Å². The summed E-state index contributed by atoms with van der Waals surface area (Å²) < 4.78 is 40.4. The summed E-state index contributed by atoms with van der Waals surface area (Å²) in [5.74, 6) is -0.0309. The Labute approximate surface area is 87.4 Å². The molecule has 0 aromatic rings. The molecule has 0 radical (unpaired) electrons. The highest BCUT2D eigenvalue weighted by molar-refractivity contribution is 7.94. The van der Waals surface area contributed by atoms with Gasteiger partial charge in [-0.1, -0.05) is 4.31 Å². The molecule has 1 saturated heterocycles. The normalized spacial score (nSPS) is 16.9. The van der Waals surface area contributed by atoms with E-state index in [0.29, 0.717) is 12.8 Å². The minimum absolute atomic E-state index is 0.0154. The van der Waals surface area contributed by atoms with Gasteiger partial charge in [-0.2, -0.15) is 0 Å². The Morgan fingerprint density at radius 2 is 1.33 bits per heavy atom. The molecule has 0 aromatic heterocycles. The molecule has 2 amide bonds. The number of carbonyl (C=O) groups is 2. The van der Waals surface area contributed by atoms with Gasteiger partial charge in [0.1, 0.15) is 23.6 Å². The van der Waals surface area contributed by atoms with Crippen LogP contribution in [0.3, 0.4) is 0 Å². The minimum Gasteiger partial charge on any atom is -0.418 e. The summed E-state index contributed by atoms with van der Waals surface area (Å²) in [6, 6.07) is 0. The summed E-state index contributed by atoms with van der Waals surface area (Å²) >= 11 is -0.217. The largest absolute Gasteiger partial charge is 0.673 e. The molecule has 1 heterocycles. The SMILES string of the molecule is C[S+](C)N1C(=O)CCC1=O.F[B-](F)(F)F. The number of nitrogens with zero attached hydrogens (tertiary/aromatic N) is 1. The smallest absolute Gasteiger partial charge is 0.418 e. The minimum atomic E-state index is -6.00. The average molecular weight is 247 g/mol. The molecule has 1 aliphatic heterocycles. The summed E-state index contributed by atoms with van der Waals surface area (Å²) in [6.07, 6.45) is 4.57. The molecule has 15 heavy (non-hydrogen) atoms. The van der Waals surface area contributed by atoms with E-state index in [2.05, 4.69) is 0 Å². The highest BCUT2D eigenvalue weighted by atomic mass is 32.2. The van der Waals surface area contributed by atoms with E-state index in [4.69, 9.17) is 0 Å². The molecule has 1 aliphatic rings. The molecular weight excluding hydrogens is 237 g/mol. The first kappa shape index (κ1) is 14.3. The Bertz CT molecular complexity index is 236. The van der Waals surface area contributed by atoms with E-state index < -0.39 is 7.25 Å². The number of hydrogen-bond donors (Lipinski definition) is 0. The monoisotopic (exact) mass is 247 g/mol. The van der Waals surface area contributed by atoms with Crippen molar-refractivity contribution in [3.8, 4) is 0 Å². The molecule has 0 unspecified atom stereocenters. The molecule has 3 nitrogen and oxygen atoms in total. The maximum atomic E-state index is 10.9. The van der Waals surface area contributed by atoms with Gasteiger partial charge in [0.25, 0.3) is 11.8 Å². The predicted octanol–water partition coefficient (Wildman–Crippen LogP) is 1.23. The first-order valence-electron chi connectivity index (χ1n) is 3.93. The van der Waals surface area contributed by atoms with Gasteiger partial charge < -0.3 is 17.3 Å². The topological polar surface area (TPSA) is 37.4 Å². The van der Waals surface area contributed by atoms with Gasteiger partial charge in [0.2, 0.25) is 0 Å². The van der Waals surface area contributed by atoms with Gasteiger partial charge in [-0.25, -0.2) is 0 Å². The third-order valence-electron chi connectivity index (χ3n) is 1.37. The van der Waals surface area contributed by atoms with Gasteiger partial charge >= 0.3 is 7.25 Å². The van der Waals surface area contributed by atoms with Crippen molar-refractivity contribution >= 4 is 30.1 Å². The highest BCUT2D eigenvalue weighted by Crippen LogP contribution is 2.14. The van der Waals surface area contributed by atoms with E-state index in [1.54, 1.807) is 0 Å². The van der Waals surface area contributed by atoms with Crippen molar-refractivity contribution in [3.63, 3.8) is 0 Å². The zero-order valence-electron chi connectivity index (χ0n) is 8.18. The Kier molecular flexibility index (Phi) is 5.12. The molecule has 1 fully saturated rings. The molecule has 0 saturated carbocycles. The van der Waals surface area contributed by atoms with Crippen molar-refractivity contribution in [2.24, 2.45) is 0 Å². The molecule has 88 valence electrons. The standard InChI is InChI=1S/C6H10NO2S.BF4/c1-10(2)7-5(8)3-4-6(7)9;2-1(3,4)5/h3-4H2,1-2H3;/q+1;-1. The lowest BCUT2D eigenvalue weighted by Gasteiger charge is -2.05. The predicted molar refractivity (Wildman–Crippen MR) is 50.5 cm³/mol. The number of halogens is 4. The van der Waals surface area contributed by atoms with Crippen LogP contribution in [0, 0.1) is 0 Å². The molecule has 9 heteroatoms. The molecule has 0 aliphatic carbocycles. The van der Waals surface area contributed by atoms with Crippen LogP contribution in [-0.2, 0) is 20.7 Å². The first-order chi connectivity index (χ1) is 6.63. The second kappa shape index (κ2) is 5.38. The Morgan fingerprint density at radius 3 is 1.47 bits per heavy atom. The quantitative estimate of drug-likeness (QED) is 0.302. The first-order valence-corrected chi connectivity index (χ1v) is 5.93. The zero-order chi connectivity index (χ0) is 12.2. The third kappa shape index (κ3) is 6.37. The second-order valence-corrected chi connectivity index (χ2v) is 4.76. The number of carbonyl (C=O) groups excluding carboxylic acids is 2. The molecule has 0 N–H and O–H groups in total. The number of hydrogen-bond acceptors (Lipinski definition) is 2. The van der Waals surface area contributed by atoms with Gasteiger partial charge in [0.05, 0.1) is 0 Å². The van der Waals surface area contributed by atoms with Crippen LogP contribution in [0.2, 0.25) is 0 Å². The number of amides is 2. The summed E-state index contributed by atoms with van der Waals surface area (Å²) in [6.45, 7) is 0. The van der Waals surface area contributed by atoms with E-state index in [-0.39, 0.29) is 22.9 Å². The third-order valence-corrected chi connectivity index (χ3v) is 2.51. The van der Waals surface area contributed by atoms with Crippen molar-refractivity contribution in [2.45, 2.75) is 12.8 Å². The van der Waals surface area contributed by atoms with Crippen LogP contribution < -0.4 is 0 Å². The van der Waals surface area contributed by atoms with E-state index in [1.807, 2.05) is 12.5 Å². The van der Waals surface area contributed by atoms with Crippen molar-refractivity contribution in [3.05, 3.63) is 0 Å². The molecule has 1 rings (SSSR count). The van der Waals surface area contributed by atoms with E-state index in [9.17, 15) is 26.9 Å². The van der Waals surface area contributed by atoms with E-state index in [0.717, 1.165) is 0 Å². The number of imide groups is 1. The second-order valence-electron chi connectivity index (χ2n) is 2.85. The van der Waals surface area contributed by atoms with Crippen molar-refractivity contribution in [1.29, 1.82) is 0 Å².